The van der Waals surface area contributed by atoms with Crippen molar-refractivity contribution < 1.29 is 19.8 Å². The lowest BCUT2D eigenvalue weighted by atomic mass is 10.1. The van der Waals surface area contributed by atoms with E-state index >= 15 is 0 Å². The number of hydrogen-bond acceptors (Lipinski definition) is 3. The van der Waals surface area contributed by atoms with Gasteiger partial charge in [0.2, 0.25) is 5.91 Å². The molecule has 1 aliphatic rings. The summed E-state index contributed by atoms with van der Waals surface area (Å²) >= 11 is 5.96. The van der Waals surface area contributed by atoms with E-state index in [1.54, 1.807) is 17.0 Å². The molecule has 1 aromatic rings. The molecule has 146 valence electrons. The molecule has 5 nitrogen and oxygen atoms in total. The van der Waals surface area contributed by atoms with Crippen LogP contribution in [0, 0.1) is 0 Å². The third kappa shape index (κ3) is 7.57. The molecule has 0 aromatic heterocycles. The summed E-state index contributed by atoms with van der Waals surface area (Å²) in [5.74, 6) is -0.691. The van der Waals surface area contributed by atoms with Gasteiger partial charge in [0, 0.05) is 30.8 Å². The Kier molecular flexibility index (Phi) is 8.55. The van der Waals surface area contributed by atoms with E-state index in [4.69, 9.17) is 16.7 Å². The third-order valence-corrected chi connectivity index (χ3v) is 4.73. The number of aliphatic hydroxyl groups is 1. The van der Waals surface area contributed by atoms with Crippen molar-refractivity contribution in [3.8, 4) is 0 Å². The summed E-state index contributed by atoms with van der Waals surface area (Å²) in [5.41, 5.74) is 0.961. The molecule has 2 atom stereocenters. The molecule has 1 saturated heterocycles. The number of likely N-dealkylation sites (tertiary alicyclic amines) is 1. The smallest absolute Gasteiger partial charge is 0.303 e. The number of hydrogen-bond donors (Lipinski definition) is 2. The summed E-state index contributed by atoms with van der Waals surface area (Å²) in [5, 5.41) is 19.5. The SMILES string of the molecule is O=C(O)CCC/C=C\CN1C(=O)CC[C@@H]1/C=C/[C@@H](O)Cc1cccc(Cl)c1. The van der Waals surface area contributed by atoms with Crippen LogP contribution in [-0.4, -0.2) is 45.7 Å². The number of nitrogens with zero attached hydrogens (tertiary/aromatic N) is 1. The molecule has 1 aromatic carbocycles. The zero-order chi connectivity index (χ0) is 19.6. The van der Waals surface area contributed by atoms with Gasteiger partial charge in [-0.05, 0) is 37.0 Å². The second-order valence-electron chi connectivity index (χ2n) is 6.70. The van der Waals surface area contributed by atoms with Gasteiger partial charge in [0.15, 0.2) is 0 Å². The molecule has 1 amide bonds. The fourth-order valence-corrected chi connectivity index (χ4v) is 3.31. The summed E-state index contributed by atoms with van der Waals surface area (Å²) in [4.78, 5) is 24.3. The summed E-state index contributed by atoms with van der Waals surface area (Å²) in [7, 11) is 0. The highest BCUT2D eigenvalue weighted by Gasteiger charge is 2.28. The number of allylic oxidation sites excluding steroid dienone is 1. The first kappa shape index (κ1) is 21.2. The van der Waals surface area contributed by atoms with Crippen molar-refractivity contribution in [3.63, 3.8) is 0 Å². The van der Waals surface area contributed by atoms with Gasteiger partial charge < -0.3 is 15.1 Å². The highest BCUT2D eigenvalue weighted by Crippen LogP contribution is 2.20. The van der Waals surface area contributed by atoms with Crippen LogP contribution >= 0.6 is 11.6 Å². The lowest BCUT2D eigenvalue weighted by molar-refractivity contribution is -0.137. The number of amides is 1. The second kappa shape index (κ2) is 10.9. The molecule has 6 heteroatoms. The van der Waals surface area contributed by atoms with Crippen molar-refractivity contribution in [3.05, 3.63) is 59.2 Å². The van der Waals surface area contributed by atoms with Crippen molar-refractivity contribution >= 4 is 23.5 Å². The van der Waals surface area contributed by atoms with E-state index in [0.29, 0.717) is 37.3 Å². The van der Waals surface area contributed by atoms with Gasteiger partial charge in [-0.1, -0.05) is 48.0 Å². The van der Waals surface area contributed by atoms with Crippen molar-refractivity contribution in [2.75, 3.05) is 6.54 Å². The summed E-state index contributed by atoms with van der Waals surface area (Å²) < 4.78 is 0. The van der Waals surface area contributed by atoms with Crippen LogP contribution in [0.5, 0.6) is 0 Å². The van der Waals surface area contributed by atoms with E-state index < -0.39 is 12.1 Å². The Hall–Kier alpha value is -2.11. The molecular weight excluding hydrogens is 366 g/mol. The monoisotopic (exact) mass is 391 g/mol. The van der Waals surface area contributed by atoms with E-state index in [-0.39, 0.29) is 18.4 Å². The van der Waals surface area contributed by atoms with Gasteiger partial charge in [0.05, 0.1) is 12.1 Å². The van der Waals surface area contributed by atoms with E-state index in [0.717, 1.165) is 12.0 Å². The van der Waals surface area contributed by atoms with Crippen LogP contribution in [0.25, 0.3) is 0 Å². The largest absolute Gasteiger partial charge is 0.481 e. The zero-order valence-electron chi connectivity index (χ0n) is 15.3. The summed E-state index contributed by atoms with van der Waals surface area (Å²) in [6, 6.07) is 7.39. The Morgan fingerprint density at radius 2 is 2.19 bits per heavy atom. The van der Waals surface area contributed by atoms with Crippen molar-refractivity contribution in [2.24, 2.45) is 0 Å². The molecule has 2 rings (SSSR count). The topological polar surface area (TPSA) is 77.8 Å². The maximum atomic E-state index is 12.1. The Labute approximate surface area is 164 Å². The first-order valence-corrected chi connectivity index (χ1v) is 9.60. The predicted molar refractivity (Wildman–Crippen MR) is 106 cm³/mol. The highest BCUT2D eigenvalue weighted by molar-refractivity contribution is 6.30. The van der Waals surface area contributed by atoms with E-state index in [1.807, 2.05) is 36.4 Å². The molecule has 0 unspecified atom stereocenters. The maximum absolute atomic E-state index is 12.1. The Morgan fingerprint density at radius 1 is 1.37 bits per heavy atom. The van der Waals surface area contributed by atoms with Crippen molar-refractivity contribution in [1.82, 2.24) is 4.90 Å². The average Bonchev–Trinajstić information content (AvgIpc) is 2.96. The van der Waals surface area contributed by atoms with Crippen molar-refractivity contribution in [1.29, 1.82) is 0 Å². The molecule has 2 N–H and O–H groups in total. The molecule has 0 radical (unpaired) electrons. The van der Waals surface area contributed by atoms with Gasteiger partial charge >= 0.3 is 5.97 Å². The Bertz CT molecular complexity index is 701. The molecule has 0 aliphatic carbocycles. The predicted octanol–water partition coefficient (Wildman–Crippen LogP) is 3.60. The number of carbonyl (C=O) groups is 2. The average molecular weight is 392 g/mol. The number of unbranched alkanes of at least 4 members (excludes halogenated alkanes) is 1. The third-order valence-electron chi connectivity index (χ3n) is 4.49. The van der Waals surface area contributed by atoms with Crippen molar-refractivity contribution in [2.45, 2.75) is 50.7 Å². The molecule has 27 heavy (non-hydrogen) atoms. The number of aliphatic carboxylic acids is 1. The molecule has 0 spiro atoms. The standard InChI is InChI=1S/C21H26ClNO4/c22-17-7-5-6-16(14-17)15-19(24)11-9-18-10-12-20(25)23(18)13-4-2-1-3-8-21(26)27/h2,4-7,9,11,14,18-19,24H,1,3,8,10,12-13,15H2,(H,26,27)/b4-2-,11-9+/t18-,19+/m0/s1. The molecule has 1 aliphatic heterocycles. The molecular formula is C21H26ClNO4. The highest BCUT2D eigenvalue weighted by atomic mass is 35.5. The van der Waals surface area contributed by atoms with Gasteiger partial charge in [-0.15, -0.1) is 0 Å². The van der Waals surface area contributed by atoms with Gasteiger partial charge in [0.25, 0.3) is 0 Å². The minimum Gasteiger partial charge on any atom is -0.481 e. The Morgan fingerprint density at radius 3 is 2.93 bits per heavy atom. The van der Waals surface area contributed by atoms with E-state index in [1.165, 1.54) is 0 Å². The van der Waals surface area contributed by atoms with E-state index in [2.05, 4.69) is 0 Å². The van der Waals surface area contributed by atoms with Crippen LogP contribution in [0.15, 0.2) is 48.6 Å². The van der Waals surface area contributed by atoms with Crippen LogP contribution in [-0.2, 0) is 16.0 Å². The van der Waals surface area contributed by atoms with Gasteiger partial charge in [-0.25, -0.2) is 0 Å². The number of benzene rings is 1. The van der Waals surface area contributed by atoms with Gasteiger partial charge in [-0.3, -0.25) is 9.59 Å². The summed E-state index contributed by atoms with van der Waals surface area (Å²) in [6.07, 6.45) is 10.0. The summed E-state index contributed by atoms with van der Waals surface area (Å²) in [6.45, 7) is 0.505. The quantitative estimate of drug-likeness (QED) is 0.472. The second-order valence-corrected chi connectivity index (χ2v) is 7.13. The minimum atomic E-state index is -0.792. The molecule has 0 saturated carbocycles. The fraction of sp³-hybridized carbons (Fsp3) is 0.429. The van der Waals surface area contributed by atoms with Crippen LogP contribution < -0.4 is 0 Å². The van der Waals surface area contributed by atoms with Gasteiger partial charge in [-0.2, -0.15) is 0 Å². The van der Waals surface area contributed by atoms with Gasteiger partial charge in [0.1, 0.15) is 0 Å². The first-order valence-electron chi connectivity index (χ1n) is 9.23. The van der Waals surface area contributed by atoms with Crippen LogP contribution in [0.2, 0.25) is 5.02 Å². The van der Waals surface area contributed by atoms with Crippen LogP contribution in [0.4, 0.5) is 0 Å². The fourth-order valence-electron chi connectivity index (χ4n) is 3.10. The lowest BCUT2D eigenvalue weighted by Gasteiger charge is -2.21. The lowest BCUT2D eigenvalue weighted by Crippen LogP contribution is -2.32. The number of carboxylic acid groups (broad SMARTS) is 1. The Balaban J connectivity index is 1.82. The number of halogens is 1. The van der Waals surface area contributed by atoms with Crippen LogP contribution in [0.3, 0.4) is 0 Å². The van der Waals surface area contributed by atoms with Crippen LogP contribution in [0.1, 0.15) is 37.7 Å². The minimum absolute atomic E-state index is 0.0184. The number of carboxylic acids is 1. The normalized spacial score (nSPS) is 18.7. The first-order chi connectivity index (χ1) is 13.0. The number of carbonyl (C=O) groups excluding carboxylic acids is 1. The zero-order valence-corrected chi connectivity index (χ0v) is 16.0. The van der Waals surface area contributed by atoms with E-state index in [9.17, 15) is 14.7 Å². The maximum Gasteiger partial charge on any atom is 0.303 e. The molecule has 1 heterocycles. The number of rotatable bonds is 10. The molecule has 1 fully saturated rings. The molecule has 0 bridgehead atoms. The number of aliphatic hydroxyl groups excluding tert-OH is 1.